The molecule has 1 aliphatic rings. The standard InChI is InChI=1S/C14H15N3O3/c1-2-17-11-6-4-3-5-10(11)15-14(17)16-12(18)8-7-9(8)13(19)20/h3-6,8-9H,2,7H2,1H3,(H,19,20)(H,15,16,18)/t8-,9-/m1/s1. The van der Waals surface area contributed by atoms with E-state index >= 15 is 0 Å². The average Bonchev–Trinajstić information content (AvgIpc) is 3.15. The monoisotopic (exact) mass is 273 g/mol. The molecule has 104 valence electrons. The highest BCUT2D eigenvalue weighted by Crippen LogP contribution is 2.39. The molecule has 1 aromatic carbocycles. The molecule has 1 aliphatic carbocycles. The quantitative estimate of drug-likeness (QED) is 0.888. The molecule has 6 heteroatoms. The van der Waals surface area contributed by atoms with Crippen LogP contribution in [0.1, 0.15) is 13.3 Å². The van der Waals surface area contributed by atoms with Gasteiger partial charge in [0.25, 0.3) is 0 Å². The fourth-order valence-corrected chi connectivity index (χ4v) is 2.45. The molecule has 2 atom stereocenters. The van der Waals surface area contributed by atoms with E-state index in [-0.39, 0.29) is 5.91 Å². The molecule has 0 spiro atoms. The molecule has 20 heavy (non-hydrogen) atoms. The number of hydrogen-bond donors (Lipinski definition) is 2. The van der Waals surface area contributed by atoms with Gasteiger partial charge in [0.15, 0.2) is 0 Å². The fraction of sp³-hybridized carbons (Fsp3) is 0.357. The predicted molar refractivity (Wildman–Crippen MR) is 73.3 cm³/mol. The maximum absolute atomic E-state index is 12.0. The second-order valence-corrected chi connectivity index (χ2v) is 4.94. The molecule has 0 saturated heterocycles. The number of imidazole rings is 1. The lowest BCUT2D eigenvalue weighted by Crippen LogP contribution is -2.19. The molecule has 1 aromatic heterocycles. The van der Waals surface area contributed by atoms with Crippen LogP contribution in [-0.4, -0.2) is 26.5 Å². The van der Waals surface area contributed by atoms with Gasteiger partial charge in [-0.2, -0.15) is 0 Å². The SMILES string of the molecule is CCn1c(NC(=O)[C@@H]2C[C@H]2C(=O)O)nc2ccccc21. The van der Waals surface area contributed by atoms with Crippen molar-refractivity contribution in [2.45, 2.75) is 19.9 Å². The van der Waals surface area contributed by atoms with Crippen molar-refractivity contribution in [1.29, 1.82) is 0 Å². The summed E-state index contributed by atoms with van der Waals surface area (Å²) in [5, 5.41) is 11.6. The Morgan fingerprint density at radius 1 is 1.40 bits per heavy atom. The summed E-state index contributed by atoms with van der Waals surface area (Å²) >= 11 is 0. The second-order valence-electron chi connectivity index (χ2n) is 4.94. The molecule has 2 aromatic rings. The Balaban J connectivity index is 1.84. The van der Waals surface area contributed by atoms with E-state index < -0.39 is 17.8 Å². The summed E-state index contributed by atoms with van der Waals surface area (Å²) < 4.78 is 1.91. The summed E-state index contributed by atoms with van der Waals surface area (Å²) in [4.78, 5) is 27.2. The van der Waals surface area contributed by atoms with Gasteiger partial charge in [0.05, 0.1) is 22.9 Å². The van der Waals surface area contributed by atoms with Crippen LogP contribution in [0.15, 0.2) is 24.3 Å². The number of nitrogens with zero attached hydrogens (tertiary/aromatic N) is 2. The van der Waals surface area contributed by atoms with Gasteiger partial charge in [0.1, 0.15) is 0 Å². The van der Waals surface area contributed by atoms with Crippen LogP contribution in [0, 0.1) is 11.8 Å². The normalized spacial score (nSPS) is 20.9. The highest BCUT2D eigenvalue weighted by atomic mass is 16.4. The number of carbonyl (C=O) groups is 2. The van der Waals surface area contributed by atoms with E-state index in [1.807, 2.05) is 35.8 Å². The van der Waals surface area contributed by atoms with E-state index in [9.17, 15) is 9.59 Å². The zero-order valence-corrected chi connectivity index (χ0v) is 11.0. The van der Waals surface area contributed by atoms with Gasteiger partial charge in [-0.1, -0.05) is 12.1 Å². The number of amides is 1. The average molecular weight is 273 g/mol. The largest absolute Gasteiger partial charge is 0.481 e. The summed E-state index contributed by atoms with van der Waals surface area (Å²) in [5.74, 6) is -1.67. The van der Waals surface area contributed by atoms with Gasteiger partial charge < -0.3 is 9.67 Å². The van der Waals surface area contributed by atoms with E-state index in [2.05, 4.69) is 10.3 Å². The van der Waals surface area contributed by atoms with Gasteiger partial charge in [0.2, 0.25) is 11.9 Å². The van der Waals surface area contributed by atoms with E-state index in [1.165, 1.54) is 0 Å². The Morgan fingerprint density at radius 3 is 2.80 bits per heavy atom. The Bertz CT molecular complexity index is 692. The van der Waals surface area contributed by atoms with Crippen molar-refractivity contribution in [3.63, 3.8) is 0 Å². The molecule has 0 unspecified atom stereocenters. The van der Waals surface area contributed by atoms with Gasteiger partial charge in [-0.3, -0.25) is 14.9 Å². The first-order valence-electron chi connectivity index (χ1n) is 6.60. The summed E-state index contributed by atoms with van der Waals surface area (Å²) in [6.45, 7) is 2.66. The summed E-state index contributed by atoms with van der Waals surface area (Å²) in [7, 11) is 0. The number of carboxylic acid groups (broad SMARTS) is 1. The molecule has 0 bridgehead atoms. The van der Waals surface area contributed by atoms with E-state index in [4.69, 9.17) is 5.11 Å². The smallest absolute Gasteiger partial charge is 0.307 e. The number of carboxylic acids is 1. The number of para-hydroxylation sites is 2. The van der Waals surface area contributed by atoms with Crippen molar-refractivity contribution < 1.29 is 14.7 Å². The first-order valence-corrected chi connectivity index (χ1v) is 6.60. The molecule has 3 rings (SSSR count). The maximum atomic E-state index is 12.0. The van der Waals surface area contributed by atoms with Crippen molar-refractivity contribution in [3.8, 4) is 0 Å². The second kappa shape index (κ2) is 4.63. The number of carbonyl (C=O) groups excluding carboxylic acids is 1. The summed E-state index contributed by atoms with van der Waals surface area (Å²) in [6, 6.07) is 7.64. The zero-order valence-electron chi connectivity index (χ0n) is 11.0. The molecular weight excluding hydrogens is 258 g/mol. The molecule has 0 radical (unpaired) electrons. The number of anilines is 1. The van der Waals surface area contributed by atoms with Crippen LogP contribution < -0.4 is 5.32 Å². The summed E-state index contributed by atoms with van der Waals surface area (Å²) in [5.41, 5.74) is 1.77. The number of aryl methyl sites for hydroxylation is 1. The topological polar surface area (TPSA) is 84.2 Å². The van der Waals surface area contributed by atoms with Crippen LogP contribution in [0.3, 0.4) is 0 Å². The van der Waals surface area contributed by atoms with Gasteiger partial charge in [-0.25, -0.2) is 4.98 Å². The van der Waals surface area contributed by atoms with Crippen molar-refractivity contribution in [2.24, 2.45) is 11.8 Å². The molecule has 1 amide bonds. The molecule has 6 nitrogen and oxygen atoms in total. The first kappa shape index (κ1) is 12.7. The number of aliphatic carboxylic acids is 1. The number of aromatic nitrogens is 2. The fourth-order valence-electron chi connectivity index (χ4n) is 2.45. The Kier molecular flexibility index (Phi) is 2.93. The number of nitrogens with one attached hydrogen (secondary N) is 1. The van der Waals surface area contributed by atoms with Crippen LogP contribution in [0.4, 0.5) is 5.95 Å². The molecule has 2 N–H and O–H groups in total. The molecule has 1 fully saturated rings. The van der Waals surface area contributed by atoms with Crippen molar-refractivity contribution in [1.82, 2.24) is 9.55 Å². The van der Waals surface area contributed by atoms with Crippen LogP contribution in [0.25, 0.3) is 11.0 Å². The predicted octanol–water partition coefficient (Wildman–Crippen LogP) is 1.72. The number of benzene rings is 1. The minimum atomic E-state index is -0.908. The molecule has 1 saturated carbocycles. The van der Waals surface area contributed by atoms with Crippen molar-refractivity contribution in [3.05, 3.63) is 24.3 Å². The molecular formula is C14H15N3O3. The third kappa shape index (κ3) is 2.03. The highest BCUT2D eigenvalue weighted by molar-refractivity contribution is 5.98. The van der Waals surface area contributed by atoms with Crippen molar-refractivity contribution in [2.75, 3.05) is 5.32 Å². The van der Waals surface area contributed by atoms with Gasteiger partial charge in [0, 0.05) is 6.54 Å². The first-order chi connectivity index (χ1) is 9.61. The number of rotatable bonds is 4. The maximum Gasteiger partial charge on any atom is 0.307 e. The third-order valence-electron chi connectivity index (χ3n) is 3.65. The minimum Gasteiger partial charge on any atom is -0.481 e. The van der Waals surface area contributed by atoms with E-state index in [0.29, 0.717) is 18.9 Å². The lowest BCUT2D eigenvalue weighted by atomic mass is 10.3. The molecule has 0 aliphatic heterocycles. The number of hydrogen-bond acceptors (Lipinski definition) is 3. The van der Waals surface area contributed by atoms with E-state index in [1.54, 1.807) is 0 Å². The Hall–Kier alpha value is -2.37. The van der Waals surface area contributed by atoms with E-state index in [0.717, 1.165) is 11.0 Å². The third-order valence-corrected chi connectivity index (χ3v) is 3.65. The lowest BCUT2D eigenvalue weighted by molar-refractivity contribution is -0.139. The van der Waals surface area contributed by atoms with Crippen LogP contribution in [0.5, 0.6) is 0 Å². The van der Waals surface area contributed by atoms with Crippen LogP contribution in [-0.2, 0) is 16.1 Å². The van der Waals surface area contributed by atoms with Crippen LogP contribution in [0.2, 0.25) is 0 Å². The zero-order chi connectivity index (χ0) is 14.3. The minimum absolute atomic E-state index is 0.262. The molecule has 1 heterocycles. The van der Waals surface area contributed by atoms with Crippen LogP contribution >= 0.6 is 0 Å². The van der Waals surface area contributed by atoms with Gasteiger partial charge in [-0.15, -0.1) is 0 Å². The lowest BCUT2D eigenvalue weighted by Gasteiger charge is -2.07. The number of fused-ring (bicyclic) bond motifs is 1. The summed E-state index contributed by atoms with van der Waals surface area (Å²) in [6.07, 6.45) is 0.410. The van der Waals surface area contributed by atoms with Gasteiger partial charge >= 0.3 is 5.97 Å². The van der Waals surface area contributed by atoms with Crippen molar-refractivity contribution >= 4 is 28.9 Å². The Labute approximate surface area is 115 Å². The Morgan fingerprint density at radius 2 is 2.15 bits per heavy atom. The highest BCUT2D eigenvalue weighted by Gasteiger charge is 2.48. The van der Waals surface area contributed by atoms with Gasteiger partial charge in [-0.05, 0) is 25.5 Å².